The van der Waals surface area contributed by atoms with Gasteiger partial charge in [0.1, 0.15) is 5.82 Å². The zero-order chi connectivity index (χ0) is 37.9. The van der Waals surface area contributed by atoms with Crippen molar-refractivity contribution in [2.24, 2.45) is 0 Å². The van der Waals surface area contributed by atoms with E-state index in [0.29, 0.717) is 11.5 Å². The molecule has 3 aromatic heterocycles. The Bertz CT molecular complexity index is 2430. The minimum atomic E-state index is -0.214. The van der Waals surface area contributed by atoms with Gasteiger partial charge in [-0.05, 0) is 75.7 Å². The second-order valence-electron chi connectivity index (χ2n) is 17.5. The molecule has 6 heteroatoms. The molecule has 0 fully saturated rings. The van der Waals surface area contributed by atoms with Gasteiger partial charge >= 0.3 is 20.4 Å². The Balaban J connectivity index is 0.00000497. The van der Waals surface area contributed by atoms with Gasteiger partial charge in [-0.2, -0.15) is 17.2 Å². The first-order valence-corrected chi connectivity index (χ1v) is 18.9. The Hall–Kier alpha value is -4.50. The van der Waals surface area contributed by atoms with E-state index in [1.165, 1.54) is 27.9 Å². The van der Waals surface area contributed by atoms with Gasteiger partial charge in [0, 0.05) is 34.2 Å². The number of para-hydroxylation sites is 1. The zero-order valence-electron chi connectivity index (χ0n) is 33.6. The first-order chi connectivity index (χ1) is 25.0. The van der Waals surface area contributed by atoms with Crippen molar-refractivity contribution in [1.82, 2.24) is 19.3 Å². The van der Waals surface area contributed by atoms with Crippen molar-refractivity contribution in [3.05, 3.63) is 131 Å². The summed E-state index contributed by atoms with van der Waals surface area (Å²) >= 11 is 0. The quantitative estimate of drug-likeness (QED) is 0.119. The van der Waals surface area contributed by atoms with Crippen LogP contribution in [0.15, 0.2) is 91.1 Å². The largest absolute Gasteiger partial charge is 2.00 e. The Morgan fingerprint density at radius 1 is 0.704 bits per heavy atom. The van der Waals surface area contributed by atoms with Crippen molar-refractivity contribution < 1.29 is 25.2 Å². The van der Waals surface area contributed by atoms with Crippen LogP contribution in [0.4, 0.5) is 0 Å². The predicted octanol–water partition coefficient (Wildman–Crippen LogP) is 12.6. The number of hydrogen-bond donors (Lipinski definition) is 0. The molecule has 0 N–H and O–H groups in total. The van der Waals surface area contributed by atoms with Gasteiger partial charge in [-0.3, -0.25) is 4.68 Å². The van der Waals surface area contributed by atoms with Crippen molar-refractivity contribution in [2.75, 3.05) is 0 Å². The second kappa shape index (κ2) is 14.6. The van der Waals surface area contributed by atoms with Crippen molar-refractivity contribution in [3.8, 4) is 34.1 Å². The van der Waals surface area contributed by atoms with Gasteiger partial charge in [0.2, 0.25) is 0 Å². The van der Waals surface area contributed by atoms with E-state index in [9.17, 15) is 0 Å². The summed E-state index contributed by atoms with van der Waals surface area (Å²) in [6, 6.07) is 37.1. The average Bonchev–Trinajstić information content (AvgIpc) is 3.64. The van der Waals surface area contributed by atoms with Gasteiger partial charge in [-0.1, -0.05) is 118 Å². The van der Waals surface area contributed by atoms with Gasteiger partial charge in [0.15, 0.2) is 0 Å². The number of fused-ring (bicyclic) bond motifs is 3. The van der Waals surface area contributed by atoms with E-state index in [1.807, 2.05) is 30.5 Å². The number of ether oxygens (including phenoxy) is 1. The Morgan fingerprint density at radius 3 is 2.04 bits per heavy atom. The Morgan fingerprint density at radius 2 is 1.39 bits per heavy atom. The first-order valence-electron chi connectivity index (χ1n) is 18.9. The van der Waals surface area contributed by atoms with E-state index in [-0.39, 0.29) is 36.7 Å². The van der Waals surface area contributed by atoms with Crippen LogP contribution >= 0.6 is 0 Å². The molecule has 3 heterocycles. The molecule has 0 aliphatic heterocycles. The molecule has 5 nitrogen and oxygen atoms in total. The fourth-order valence-electron chi connectivity index (χ4n) is 7.24. The van der Waals surface area contributed by atoms with E-state index in [1.54, 1.807) is 0 Å². The monoisotopic (exact) mass is 806 g/mol. The topological polar surface area (TPSA) is 44.9 Å². The van der Waals surface area contributed by atoms with Crippen LogP contribution < -0.4 is 4.74 Å². The van der Waals surface area contributed by atoms with Crippen molar-refractivity contribution in [2.45, 2.75) is 105 Å². The molecule has 0 spiro atoms. The van der Waals surface area contributed by atoms with Gasteiger partial charge in [0.25, 0.3) is 0 Å². The van der Waals surface area contributed by atoms with Gasteiger partial charge < -0.3 is 9.30 Å². The van der Waals surface area contributed by atoms with Crippen LogP contribution in [0.5, 0.6) is 11.5 Å². The molecule has 0 aliphatic rings. The van der Waals surface area contributed by atoms with Crippen LogP contribution in [0, 0.1) is 19.1 Å². The zero-order valence-corrected chi connectivity index (χ0v) is 35.1. The summed E-state index contributed by atoms with van der Waals surface area (Å²) in [7, 11) is 0. The first kappa shape index (κ1) is 39.2. The van der Waals surface area contributed by atoms with E-state index in [4.69, 9.17) is 14.8 Å². The van der Waals surface area contributed by atoms with E-state index >= 15 is 0 Å². The molecule has 0 aliphatic carbocycles. The number of aryl methyl sites for hydroxylation is 2. The summed E-state index contributed by atoms with van der Waals surface area (Å²) in [6.07, 6.45) is 3.74. The molecule has 0 unspecified atom stereocenters. The third kappa shape index (κ3) is 7.57. The number of hydrogen-bond acceptors (Lipinski definition) is 3. The summed E-state index contributed by atoms with van der Waals surface area (Å²) in [5, 5.41) is 7.62. The molecular weight excluding hydrogens is 755 g/mol. The van der Waals surface area contributed by atoms with E-state index in [2.05, 4.69) is 158 Å². The van der Waals surface area contributed by atoms with Crippen LogP contribution in [0.2, 0.25) is 0 Å². The minimum absolute atomic E-state index is 0. The molecule has 0 atom stereocenters. The number of nitrogens with zero attached hydrogens (tertiary/aromatic N) is 4. The summed E-state index contributed by atoms with van der Waals surface area (Å²) in [4.78, 5) is 4.73. The minimum Gasteiger partial charge on any atom is -0.509 e. The summed E-state index contributed by atoms with van der Waals surface area (Å²) < 4.78 is 10.9. The maximum atomic E-state index is 6.57. The normalized spacial score (nSPS) is 12.4. The average molecular weight is 807 g/mol. The molecular formula is C48H52N4OPd. The fourth-order valence-corrected chi connectivity index (χ4v) is 7.24. The molecule has 0 bridgehead atoms. The van der Waals surface area contributed by atoms with Gasteiger partial charge in [0.05, 0.1) is 11.4 Å². The standard InChI is InChI=1S/C48H52N4O.Pd/c1-12-16-40-44(32-26-33(46(3,4)5)28-34(27-32)47(6,7)8)45(48(9,10)11)52(50-40)35-17-15-18-36(29-35)53-37-21-22-39-38-19-13-14-20-41(38)51(42(39)30-37)43-25-31(2)23-24-49-43;/h13-15,17-28H,12,16H2,1-11H3;/q-2;+2. The molecule has 7 aromatic rings. The van der Waals surface area contributed by atoms with E-state index in [0.717, 1.165) is 57.4 Å². The molecule has 0 saturated heterocycles. The van der Waals surface area contributed by atoms with Crippen molar-refractivity contribution >= 4 is 21.8 Å². The number of pyridine rings is 1. The maximum absolute atomic E-state index is 6.57. The van der Waals surface area contributed by atoms with Crippen molar-refractivity contribution in [1.29, 1.82) is 0 Å². The number of benzene rings is 4. The number of aromatic nitrogens is 4. The van der Waals surface area contributed by atoms with Crippen LogP contribution in [0.3, 0.4) is 0 Å². The van der Waals surface area contributed by atoms with E-state index < -0.39 is 0 Å². The van der Waals surface area contributed by atoms with Crippen LogP contribution in [0.25, 0.3) is 44.4 Å². The molecule has 280 valence electrons. The van der Waals surface area contributed by atoms with Gasteiger partial charge in [-0.15, -0.1) is 35.7 Å². The second-order valence-corrected chi connectivity index (χ2v) is 17.5. The maximum Gasteiger partial charge on any atom is 2.00 e. The molecule has 7 rings (SSSR count). The Labute approximate surface area is 335 Å². The summed E-state index contributed by atoms with van der Waals surface area (Å²) in [6.45, 7) is 25.0. The van der Waals surface area contributed by atoms with Crippen LogP contribution in [-0.2, 0) is 43.1 Å². The SMILES string of the molecule is CCCc1nn(-c2[c-]c(Oc3[c-]c4c(cc3)c3ccccc3n4-c3cc(C)ccn3)ccc2)c(C(C)(C)C)c1-c1cc(C(C)(C)C)cc(C(C)(C)C)c1.[Pd+2]. The van der Waals surface area contributed by atoms with Crippen molar-refractivity contribution in [3.63, 3.8) is 0 Å². The van der Waals surface area contributed by atoms with Crippen LogP contribution in [0.1, 0.15) is 104 Å². The summed E-state index contributed by atoms with van der Waals surface area (Å²) in [5.41, 5.74) is 11.2. The number of rotatable bonds is 7. The third-order valence-electron chi connectivity index (χ3n) is 10.00. The summed E-state index contributed by atoms with van der Waals surface area (Å²) in [5.74, 6) is 2.07. The molecule has 54 heavy (non-hydrogen) atoms. The smallest absolute Gasteiger partial charge is 0.509 e. The fraction of sp³-hybridized carbons (Fsp3) is 0.333. The third-order valence-corrected chi connectivity index (χ3v) is 10.00. The molecule has 0 saturated carbocycles. The molecule has 0 amide bonds. The van der Waals surface area contributed by atoms with Crippen LogP contribution in [-0.4, -0.2) is 19.3 Å². The van der Waals surface area contributed by atoms with Gasteiger partial charge in [-0.25, -0.2) is 4.98 Å². The predicted molar refractivity (Wildman–Crippen MR) is 220 cm³/mol. The molecule has 0 radical (unpaired) electrons. The molecule has 4 aromatic carbocycles. The Kier molecular flexibility index (Phi) is 10.6.